The quantitative estimate of drug-likeness (QED) is 0.243. The van der Waals surface area contributed by atoms with E-state index in [4.69, 9.17) is 22.1 Å². The summed E-state index contributed by atoms with van der Waals surface area (Å²) in [5.41, 5.74) is 1.86. The number of nitrogens with zero attached hydrogens (tertiary/aromatic N) is 1. The van der Waals surface area contributed by atoms with Crippen molar-refractivity contribution in [3.8, 4) is 5.75 Å². The molecule has 1 heterocycles. The molecule has 3 rings (SSSR count). The van der Waals surface area contributed by atoms with E-state index in [1.807, 2.05) is 54.6 Å². The van der Waals surface area contributed by atoms with Crippen molar-refractivity contribution in [3.63, 3.8) is 0 Å². The molecule has 2 amide bonds. The molecule has 1 aliphatic rings. The van der Waals surface area contributed by atoms with Crippen LogP contribution in [-0.4, -0.2) is 44.7 Å². The van der Waals surface area contributed by atoms with Gasteiger partial charge in [0.05, 0.1) is 4.91 Å². The molecule has 35 heavy (non-hydrogen) atoms. The van der Waals surface area contributed by atoms with Crippen molar-refractivity contribution in [1.29, 1.82) is 0 Å². The molecule has 0 spiro atoms. The molecule has 1 fully saturated rings. The Bertz CT molecular complexity index is 1100. The molecule has 1 saturated heterocycles. The molecule has 0 aromatic heterocycles. The minimum absolute atomic E-state index is 0.120. The number of carbonyl (C=O) groups is 3. The fourth-order valence-electron chi connectivity index (χ4n) is 3.45. The molecular weight excluding hydrogens is 484 g/mol. The van der Waals surface area contributed by atoms with Crippen LogP contribution in [0.3, 0.4) is 0 Å². The molecule has 2 N–H and O–H groups in total. The largest absolute Gasteiger partial charge is 0.489 e. The van der Waals surface area contributed by atoms with Gasteiger partial charge in [-0.05, 0) is 49.1 Å². The van der Waals surface area contributed by atoms with E-state index < -0.39 is 12.0 Å². The lowest BCUT2D eigenvalue weighted by Gasteiger charge is -2.22. The van der Waals surface area contributed by atoms with Crippen LogP contribution in [0.4, 0.5) is 0 Å². The van der Waals surface area contributed by atoms with Gasteiger partial charge < -0.3 is 15.2 Å². The number of thioether (sulfide) groups is 1. The molecule has 1 aliphatic heterocycles. The number of carbonyl (C=O) groups excluding carboxylic acids is 2. The molecule has 184 valence electrons. The SMILES string of the molecule is CC(C(=O)NCCCCCC(=O)O)N1C(=O)/C(=C/c2cccc(OCc3ccccc3)c2)SC1=S. The van der Waals surface area contributed by atoms with Gasteiger partial charge in [0, 0.05) is 13.0 Å². The van der Waals surface area contributed by atoms with Crippen LogP contribution in [0.15, 0.2) is 59.5 Å². The maximum atomic E-state index is 13.0. The number of hydrogen-bond donors (Lipinski definition) is 2. The van der Waals surface area contributed by atoms with Crippen molar-refractivity contribution in [2.24, 2.45) is 0 Å². The van der Waals surface area contributed by atoms with Crippen LogP contribution in [0.1, 0.15) is 43.7 Å². The predicted molar refractivity (Wildman–Crippen MR) is 141 cm³/mol. The lowest BCUT2D eigenvalue weighted by Crippen LogP contribution is -2.47. The maximum absolute atomic E-state index is 13.0. The van der Waals surface area contributed by atoms with Gasteiger partial charge in [-0.15, -0.1) is 0 Å². The fourth-order valence-corrected chi connectivity index (χ4v) is 4.87. The first-order valence-electron chi connectivity index (χ1n) is 11.4. The summed E-state index contributed by atoms with van der Waals surface area (Å²) in [6, 6.07) is 16.6. The summed E-state index contributed by atoms with van der Waals surface area (Å²) in [5, 5.41) is 11.5. The standard InChI is InChI=1S/C26H28N2O5S2/c1-18(24(31)27-14-7-3-6-13-23(29)30)28-25(32)22(35-26(28)34)16-20-11-8-12-21(15-20)33-17-19-9-4-2-5-10-19/h2,4-5,8-12,15-16,18H,3,6-7,13-14,17H2,1H3,(H,27,31)(H,29,30)/b22-16-. The van der Waals surface area contributed by atoms with E-state index in [2.05, 4.69) is 5.32 Å². The first-order chi connectivity index (χ1) is 16.8. The summed E-state index contributed by atoms with van der Waals surface area (Å²) in [4.78, 5) is 37.9. The molecule has 7 nitrogen and oxygen atoms in total. The zero-order valence-electron chi connectivity index (χ0n) is 19.4. The van der Waals surface area contributed by atoms with E-state index in [0.717, 1.165) is 11.1 Å². The first kappa shape index (κ1) is 26.4. The summed E-state index contributed by atoms with van der Waals surface area (Å²) in [5.74, 6) is -0.734. The number of carboxylic acid groups (broad SMARTS) is 1. The molecule has 2 aromatic rings. The highest BCUT2D eigenvalue weighted by molar-refractivity contribution is 8.26. The average Bonchev–Trinajstić information content (AvgIpc) is 3.12. The van der Waals surface area contributed by atoms with Gasteiger partial charge in [0.2, 0.25) is 5.91 Å². The molecule has 1 atom stereocenters. The highest BCUT2D eigenvalue weighted by Gasteiger charge is 2.38. The number of thiocarbonyl (C=S) groups is 1. The van der Waals surface area contributed by atoms with E-state index in [-0.39, 0.29) is 18.2 Å². The molecule has 9 heteroatoms. The van der Waals surface area contributed by atoms with Crippen LogP contribution in [0, 0.1) is 0 Å². The zero-order valence-corrected chi connectivity index (χ0v) is 21.1. The summed E-state index contributed by atoms with van der Waals surface area (Å²) < 4.78 is 6.21. The van der Waals surface area contributed by atoms with Gasteiger partial charge >= 0.3 is 5.97 Å². The molecule has 0 radical (unpaired) electrons. The highest BCUT2D eigenvalue weighted by atomic mass is 32.2. The molecular formula is C26H28N2O5S2. The minimum atomic E-state index is -0.823. The lowest BCUT2D eigenvalue weighted by atomic mass is 10.2. The van der Waals surface area contributed by atoms with Crippen molar-refractivity contribution in [1.82, 2.24) is 10.2 Å². The Morgan fingerprint density at radius 1 is 1.14 bits per heavy atom. The third kappa shape index (κ3) is 7.93. The number of carboxylic acids is 1. The Morgan fingerprint density at radius 3 is 2.66 bits per heavy atom. The fraction of sp³-hybridized carbons (Fsp3) is 0.308. The summed E-state index contributed by atoms with van der Waals surface area (Å²) in [7, 11) is 0. The van der Waals surface area contributed by atoms with Crippen LogP contribution >= 0.6 is 24.0 Å². The van der Waals surface area contributed by atoms with Crippen LogP contribution in [-0.2, 0) is 21.0 Å². The predicted octanol–water partition coefficient (Wildman–Crippen LogP) is 4.62. The van der Waals surface area contributed by atoms with Gasteiger partial charge in [-0.3, -0.25) is 19.3 Å². The van der Waals surface area contributed by atoms with Crippen molar-refractivity contribution in [3.05, 3.63) is 70.6 Å². The number of ether oxygens (including phenoxy) is 1. The van der Waals surface area contributed by atoms with Crippen molar-refractivity contribution < 1.29 is 24.2 Å². The molecule has 1 unspecified atom stereocenters. The summed E-state index contributed by atoms with van der Waals surface area (Å²) in [6.07, 6.45) is 3.82. The van der Waals surface area contributed by atoms with Crippen molar-refractivity contribution >= 4 is 52.2 Å². The number of hydrogen-bond acceptors (Lipinski definition) is 6. The van der Waals surface area contributed by atoms with Crippen molar-refractivity contribution in [2.75, 3.05) is 6.54 Å². The van der Waals surface area contributed by atoms with Crippen LogP contribution in [0.25, 0.3) is 6.08 Å². The van der Waals surface area contributed by atoms with E-state index in [9.17, 15) is 14.4 Å². The minimum Gasteiger partial charge on any atom is -0.489 e. The van der Waals surface area contributed by atoms with Crippen LogP contribution in [0.5, 0.6) is 5.75 Å². The smallest absolute Gasteiger partial charge is 0.303 e. The summed E-state index contributed by atoms with van der Waals surface area (Å²) >= 11 is 6.56. The van der Waals surface area contributed by atoms with Gasteiger partial charge in [0.1, 0.15) is 22.7 Å². The average molecular weight is 513 g/mol. The van der Waals surface area contributed by atoms with E-state index in [1.54, 1.807) is 13.0 Å². The number of unbranched alkanes of at least 4 members (excludes halogenated alkanes) is 2. The van der Waals surface area contributed by atoms with Gasteiger partial charge in [0.25, 0.3) is 5.91 Å². The van der Waals surface area contributed by atoms with E-state index in [1.165, 1.54) is 16.7 Å². The number of amides is 2. The molecule has 0 saturated carbocycles. The topological polar surface area (TPSA) is 95.9 Å². The third-order valence-corrected chi connectivity index (χ3v) is 6.69. The first-order valence-corrected chi connectivity index (χ1v) is 12.6. The molecule has 0 bridgehead atoms. The van der Waals surface area contributed by atoms with Crippen LogP contribution in [0.2, 0.25) is 0 Å². The molecule has 0 aliphatic carbocycles. The number of nitrogens with one attached hydrogen (secondary N) is 1. The highest BCUT2D eigenvalue weighted by Crippen LogP contribution is 2.34. The normalized spacial score (nSPS) is 15.3. The Balaban J connectivity index is 1.56. The monoisotopic (exact) mass is 512 g/mol. The third-order valence-electron chi connectivity index (χ3n) is 5.36. The van der Waals surface area contributed by atoms with Crippen LogP contribution < -0.4 is 10.1 Å². The Morgan fingerprint density at radius 2 is 1.91 bits per heavy atom. The molecule has 2 aromatic carbocycles. The Kier molecular flexibility index (Phi) is 9.86. The van der Waals surface area contributed by atoms with E-state index in [0.29, 0.717) is 47.4 Å². The number of benzene rings is 2. The van der Waals surface area contributed by atoms with Gasteiger partial charge in [0.15, 0.2) is 0 Å². The Labute approximate surface area is 214 Å². The number of rotatable bonds is 12. The van der Waals surface area contributed by atoms with Gasteiger partial charge in [-0.2, -0.15) is 0 Å². The second-order valence-electron chi connectivity index (χ2n) is 8.07. The lowest BCUT2D eigenvalue weighted by molar-refractivity contribution is -0.137. The van der Waals surface area contributed by atoms with Gasteiger partial charge in [-0.1, -0.05) is 72.9 Å². The second-order valence-corrected chi connectivity index (χ2v) is 9.75. The Hall–Kier alpha value is -3.17. The maximum Gasteiger partial charge on any atom is 0.303 e. The zero-order chi connectivity index (χ0) is 25.2. The summed E-state index contributed by atoms with van der Waals surface area (Å²) in [6.45, 7) is 2.51. The van der Waals surface area contributed by atoms with E-state index >= 15 is 0 Å². The van der Waals surface area contributed by atoms with Gasteiger partial charge in [-0.25, -0.2) is 0 Å². The second kappa shape index (κ2) is 13.1. The van der Waals surface area contributed by atoms with Crippen molar-refractivity contribution in [2.45, 2.75) is 45.3 Å². The number of aliphatic carboxylic acids is 1.